The van der Waals surface area contributed by atoms with Gasteiger partial charge in [0.05, 0.1) is 4.92 Å². The van der Waals surface area contributed by atoms with E-state index < -0.39 is 17.4 Å². The van der Waals surface area contributed by atoms with Crippen molar-refractivity contribution < 1.29 is 14.8 Å². The van der Waals surface area contributed by atoms with Crippen LogP contribution in [-0.2, 0) is 4.79 Å². The molecule has 0 amide bonds. The Bertz CT molecular complexity index is 543. The zero-order valence-electron chi connectivity index (χ0n) is 10.6. The van der Waals surface area contributed by atoms with Gasteiger partial charge in [0.15, 0.2) is 0 Å². The quantitative estimate of drug-likeness (QED) is 0.503. The second-order valence-corrected chi connectivity index (χ2v) is 4.30. The van der Waals surface area contributed by atoms with Crippen LogP contribution in [0.1, 0.15) is 12.8 Å². The van der Waals surface area contributed by atoms with Gasteiger partial charge in [-0.25, -0.2) is 0 Å². The van der Waals surface area contributed by atoms with Crippen LogP contribution in [0, 0.1) is 10.1 Å². The molecule has 1 fully saturated rings. The number of nitrogens with one attached hydrogen (secondary N) is 1. The first-order valence-corrected chi connectivity index (χ1v) is 6.01. The Kier molecular flexibility index (Phi) is 3.82. The smallest absolute Gasteiger partial charge is 0.353 e. The second kappa shape index (κ2) is 5.55. The maximum Gasteiger partial charge on any atom is 0.353 e. The molecule has 108 valence electrons. The SMILES string of the molecule is Nc1nc(NCC(=O)O)nc(N2CCCC2)c1[N+](=O)[O-]. The number of carbonyl (C=O) groups is 1. The van der Waals surface area contributed by atoms with Crippen LogP contribution in [0.2, 0.25) is 0 Å². The normalized spacial score (nSPS) is 14.3. The van der Waals surface area contributed by atoms with E-state index >= 15 is 0 Å². The molecule has 1 aromatic heterocycles. The number of carboxylic acids is 1. The Hall–Kier alpha value is -2.65. The first-order chi connectivity index (χ1) is 9.49. The summed E-state index contributed by atoms with van der Waals surface area (Å²) in [4.78, 5) is 30.5. The van der Waals surface area contributed by atoms with Crippen molar-refractivity contribution in [3.05, 3.63) is 10.1 Å². The summed E-state index contributed by atoms with van der Waals surface area (Å²) in [6.45, 7) is 0.905. The van der Waals surface area contributed by atoms with Gasteiger partial charge in [-0.05, 0) is 12.8 Å². The second-order valence-electron chi connectivity index (χ2n) is 4.30. The number of hydrogen-bond acceptors (Lipinski definition) is 8. The summed E-state index contributed by atoms with van der Waals surface area (Å²) >= 11 is 0. The molecule has 1 saturated heterocycles. The number of nitrogen functional groups attached to an aromatic ring is 1. The fraction of sp³-hybridized carbons (Fsp3) is 0.500. The van der Waals surface area contributed by atoms with Crippen LogP contribution >= 0.6 is 0 Å². The van der Waals surface area contributed by atoms with Gasteiger partial charge in [-0.1, -0.05) is 0 Å². The van der Waals surface area contributed by atoms with Crippen molar-refractivity contribution in [2.45, 2.75) is 12.8 Å². The summed E-state index contributed by atoms with van der Waals surface area (Å²) < 4.78 is 0. The molecule has 1 aromatic rings. The van der Waals surface area contributed by atoms with Crippen molar-refractivity contribution in [1.29, 1.82) is 0 Å². The largest absolute Gasteiger partial charge is 0.480 e. The Morgan fingerprint density at radius 2 is 2.10 bits per heavy atom. The van der Waals surface area contributed by atoms with E-state index in [4.69, 9.17) is 10.8 Å². The lowest BCUT2D eigenvalue weighted by molar-refractivity contribution is -0.383. The first kappa shape index (κ1) is 13.8. The van der Waals surface area contributed by atoms with Crippen molar-refractivity contribution >= 4 is 29.2 Å². The molecule has 0 radical (unpaired) electrons. The number of nitro groups is 1. The lowest BCUT2D eigenvalue weighted by Crippen LogP contribution is -2.23. The van der Waals surface area contributed by atoms with Gasteiger partial charge in [0, 0.05) is 13.1 Å². The number of hydrogen-bond donors (Lipinski definition) is 3. The molecule has 10 heteroatoms. The number of aliphatic carboxylic acids is 1. The molecule has 0 unspecified atom stereocenters. The highest BCUT2D eigenvalue weighted by atomic mass is 16.6. The third kappa shape index (κ3) is 2.84. The summed E-state index contributed by atoms with van der Waals surface area (Å²) in [7, 11) is 0. The van der Waals surface area contributed by atoms with Gasteiger partial charge in [0.1, 0.15) is 6.54 Å². The summed E-state index contributed by atoms with van der Waals surface area (Å²) in [6, 6.07) is 0. The molecule has 2 heterocycles. The van der Waals surface area contributed by atoms with E-state index in [1.165, 1.54) is 0 Å². The number of rotatable bonds is 5. The Morgan fingerprint density at radius 1 is 1.45 bits per heavy atom. The fourth-order valence-electron chi connectivity index (χ4n) is 2.02. The van der Waals surface area contributed by atoms with Crippen LogP contribution in [0.5, 0.6) is 0 Å². The molecule has 0 aromatic carbocycles. The van der Waals surface area contributed by atoms with Crippen molar-refractivity contribution in [2.75, 3.05) is 35.6 Å². The van der Waals surface area contributed by atoms with Crippen LogP contribution in [0.3, 0.4) is 0 Å². The topological polar surface area (TPSA) is 148 Å². The molecule has 0 bridgehead atoms. The van der Waals surface area contributed by atoms with Crippen LogP contribution in [-0.4, -0.2) is 45.6 Å². The van der Waals surface area contributed by atoms with Crippen LogP contribution in [0.15, 0.2) is 0 Å². The standard InChI is InChI=1S/C10H14N6O4/c11-8-7(16(19)20)9(15-3-1-2-4-15)14-10(13-8)12-5-6(17)18/h1-5H2,(H,17,18)(H3,11,12,13,14). The van der Waals surface area contributed by atoms with Crippen molar-refractivity contribution in [1.82, 2.24) is 9.97 Å². The predicted molar refractivity (Wildman–Crippen MR) is 70.7 cm³/mol. The third-order valence-electron chi connectivity index (χ3n) is 2.88. The molecule has 4 N–H and O–H groups in total. The van der Waals surface area contributed by atoms with Crippen molar-refractivity contribution in [2.24, 2.45) is 0 Å². The molecular formula is C10H14N6O4. The Labute approximate surface area is 113 Å². The highest BCUT2D eigenvalue weighted by Gasteiger charge is 2.28. The molecule has 10 nitrogen and oxygen atoms in total. The zero-order valence-corrected chi connectivity index (χ0v) is 10.6. The monoisotopic (exact) mass is 282 g/mol. The minimum absolute atomic E-state index is 0.0302. The van der Waals surface area contributed by atoms with Gasteiger partial charge < -0.3 is 21.1 Å². The Morgan fingerprint density at radius 3 is 2.65 bits per heavy atom. The molecule has 2 rings (SSSR count). The summed E-state index contributed by atoms with van der Waals surface area (Å²) in [5.41, 5.74) is 5.25. The number of carboxylic acid groups (broad SMARTS) is 1. The first-order valence-electron chi connectivity index (χ1n) is 6.01. The number of nitrogens with two attached hydrogens (primary N) is 1. The van der Waals surface area contributed by atoms with Gasteiger partial charge in [0.25, 0.3) is 0 Å². The summed E-state index contributed by atoms with van der Waals surface area (Å²) in [5, 5.41) is 22.1. The molecule has 0 atom stereocenters. The van der Waals surface area contributed by atoms with E-state index in [9.17, 15) is 14.9 Å². The molecule has 1 aliphatic heterocycles. The molecule has 0 spiro atoms. The fourth-order valence-corrected chi connectivity index (χ4v) is 2.02. The maximum atomic E-state index is 11.1. The van der Waals surface area contributed by atoms with Gasteiger partial charge in [-0.2, -0.15) is 9.97 Å². The average molecular weight is 282 g/mol. The molecule has 20 heavy (non-hydrogen) atoms. The number of aromatic nitrogens is 2. The minimum atomic E-state index is -1.09. The van der Waals surface area contributed by atoms with Crippen LogP contribution in [0.4, 0.5) is 23.3 Å². The molecule has 0 aliphatic carbocycles. The van der Waals surface area contributed by atoms with E-state index in [-0.39, 0.29) is 23.3 Å². The summed E-state index contributed by atoms with van der Waals surface area (Å²) in [6.07, 6.45) is 1.83. The highest BCUT2D eigenvalue weighted by molar-refractivity contribution is 5.74. The van der Waals surface area contributed by atoms with Crippen LogP contribution < -0.4 is 16.0 Å². The van der Waals surface area contributed by atoms with E-state index in [1.807, 2.05) is 0 Å². The van der Waals surface area contributed by atoms with E-state index in [0.29, 0.717) is 13.1 Å². The molecule has 0 saturated carbocycles. The van der Waals surface area contributed by atoms with Gasteiger partial charge in [-0.15, -0.1) is 0 Å². The van der Waals surface area contributed by atoms with Crippen LogP contribution in [0.25, 0.3) is 0 Å². The van der Waals surface area contributed by atoms with E-state index in [2.05, 4.69) is 15.3 Å². The third-order valence-corrected chi connectivity index (χ3v) is 2.88. The van der Waals surface area contributed by atoms with Crippen molar-refractivity contribution in [3.63, 3.8) is 0 Å². The number of nitrogens with zero attached hydrogens (tertiary/aromatic N) is 4. The van der Waals surface area contributed by atoms with Gasteiger partial charge in [-0.3, -0.25) is 14.9 Å². The van der Waals surface area contributed by atoms with E-state index in [0.717, 1.165) is 12.8 Å². The number of anilines is 3. The lowest BCUT2D eigenvalue weighted by atomic mass is 10.4. The summed E-state index contributed by atoms with van der Waals surface area (Å²) in [5.74, 6) is -1.27. The average Bonchev–Trinajstić information content (AvgIpc) is 2.88. The van der Waals surface area contributed by atoms with Gasteiger partial charge >= 0.3 is 11.7 Å². The van der Waals surface area contributed by atoms with E-state index in [1.54, 1.807) is 4.90 Å². The minimum Gasteiger partial charge on any atom is -0.480 e. The Balaban J connectivity index is 2.38. The molecular weight excluding hydrogens is 268 g/mol. The van der Waals surface area contributed by atoms with Crippen molar-refractivity contribution in [3.8, 4) is 0 Å². The predicted octanol–water partition coefficient (Wildman–Crippen LogP) is 0.0637. The van der Waals surface area contributed by atoms with Gasteiger partial charge in [0.2, 0.25) is 17.6 Å². The maximum absolute atomic E-state index is 11.1. The zero-order chi connectivity index (χ0) is 14.7. The lowest BCUT2D eigenvalue weighted by Gasteiger charge is -2.17. The molecule has 1 aliphatic rings. The highest BCUT2D eigenvalue weighted by Crippen LogP contribution is 2.33.